The Kier molecular flexibility index (Phi) is 6.42. The summed E-state index contributed by atoms with van der Waals surface area (Å²) in [5, 5.41) is 4.40. The van der Waals surface area contributed by atoms with Gasteiger partial charge in [-0.05, 0) is 36.5 Å². The fourth-order valence-corrected chi connectivity index (χ4v) is 3.10. The Morgan fingerprint density at radius 1 is 1.17 bits per heavy atom. The van der Waals surface area contributed by atoms with Crippen LogP contribution in [0.1, 0.15) is 0 Å². The summed E-state index contributed by atoms with van der Waals surface area (Å²) in [6.07, 6.45) is -3.01. The highest BCUT2D eigenvalue weighted by molar-refractivity contribution is 7.71. The number of carbonyl (C=O) groups excluding carboxylic acids is 1. The molecule has 0 aliphatic rings. The highest BCUT2D eigenvalue weighted by atomic mass is 32.1. The zero-order valence-electron chi connectivity index (χ0n) is 16.3. The van der Waals surface area contributed by atoms with E-state index in [9.17, 15) is 18.0 Å². The molecule has 3 rings (SSSR count). The Hall–Kier alpha value is -2.92. The number of hydrogen-bond acceptors (Lipinski definition) is 5. The van der Waals surface area contributed by atoms with Crippen molar-refractivity contribution >= 4 is 18.1 Å². The smallest absolute Gasteiger partial charge is 0.401 e. The van der Waals surface area contributed by atoms with Gasteiger partial charge in [0.25, 0.3) is 0 Å². The highest BCUT2D eigenvalue weighted by Gasteiger charge is 2.32. The normalized spacial score (nSPS) is 11.8. The molecule has 160 valence electrons. The van der Waals surface area contributed by atoms with Crippen molar-refractivity contribution in [2.24, 2.45) is 0 Å². The van der Waals surface area contributed by atoms with Crippen LogP contribution < -0.4 is 0 Å². The van der Waals surface area contributed by atoms with Gasteiger partial charge in [0, 0.05) is 14.1 Å². The van der Waals surface area contributed by atoms with Crippen molar-refractivity contribution in [3.63, 3.8) is 0 Å². The number of aromatic nitrogens is 3. The minimum atomic E-state index is -4.49. The van der Waals surface area contributed by atoms with E-state index in [0.29, 0.717) is 17.3 Å². The SMILES string of the molecule is CN(C)C(=O)CN(Cn1nc(-c2ccco2)n(-c2ccccc2)c1=S)CC(F)(F)F. The number of likely N-dealkylation sites (N-methyl/N-ethyl adjacent to an activating group) is 1. The van der Waals surface area contributed by atoms with Crippen LogP contribution in [-0.2, 0) is 11.5 Å². The molecule has 11 heteroatoms. The van der Waals surface area contributed by atoms with Crippen molar-refractivity contribution in [1.82, 2.24) is 24.1 Å². The van der Waals surface area contributed by atoms with Gasteiger partial charge in [0.2, 0.25) is 16.5 Å². The maximum absolute atomic E-state index is 13.1. The van der Waals surface area contributed by atoms with Crippen LogP contribution in [0.25, 0.3) is 17.3 Å². The average Bonchev–Trinajstić information content (AvgIpc) is 3.29. The quantitative estimate of drug-likeness (QED) is 0.527. The number of benzene rings is 1. The molecule has 1 aromatic carbocycles. The van der Waals surface area contributed by atoms with Crippen molar-refractivity contribution < 1.29 is 22.4 Å². The first-order chi connectivity index (χ1) is 14.2. The molecule has 0 N–H and O–H groups in total. The van der Waals surface area contributed by atoms with Gasteiger partial charge in [-0.3, -0.25) is 14.3 Å². The number of furan rings is 1. The summed E-state index contributed by atoms with van der Waals surface area (Å²) in [6.45, 7) is -2.02. The van der Waals surface area contributed by atoms with E-state index in [1.807, 2.05) is 18.2 Å². The van der Waals surface area contributed by atoms with Crippen molar-refractivity contribution in [1.29, 1.82) is 0 Å². The second-order valence-corrected chi connectivity index (χ2v) is 7.15. The fourth-order valence-electron chi connectivity index (χ4n) is 2.81. The van der Waals surface area contributed by atoms with Gasteiger partial charge in [0.1, 0.15) is 0 Å². The Balaban J connectivity index is 2.02. The lowest BCUT2D eigenvalue weighted by atomic mass is 10.3. The van der Waals surface area contributed by atoms with E-state index in [1.54, 1.807) is 28.8 Å². The molecule has 7 nitrogen and oxygen atoms in total. The van der Waals surface area contributed by atoms with E-state index in [-0.39, 0.29) is 11.4 Å². The number of para-hydroxylation sites is 1. The first kappa shape index (κ1) is 21.8. The van der Waals surface area contributed by atoms with Crippen molar-refractivity contribution in [2.45, 2.75) is 12.8 Å². The van der Waals surface area contributed by atoms with Gasteiger partial charge in [-0.15, -0.1) is 5.10 Å². The highest BCUT2D eigenvalue weighted by Crippen LogP contribution is 2.24. The molecule has 0 fully saturated rings. The number of amides is 1. The third kappa shape index (κ3) is 5.16. The first-order valence-corrected chi connectivity index (χ1v) is 9.35. The summed E-state index contributed by atoms with van der Waals surface area (Å²) < 4.78 is 47.8. The van der Waals surface area contributed by atoms with Crippen LogP contribution in [0, 0.1) is 4.77 Å². The molecule has 2 heterocycles. The summed E-state index contributed by atoms with van der Waals surface area (Å²) in [5.74, 6) is 0.303. The minimum Gasteiger partial charge on any atom is -0.461 e. The lowest BCUT2D eigenvalue weighted by molar-refractivity contribution is -0.154. The van der Waals surface area contributed by atoms with Crippen LogP contribution in [0.2, 0.25) is 0 Å². The maximum atomic E-state index is 13.1. The van der Waals surface area contributed by atoms with Gasteiger partial charge >= 0.3 is 6.18 Å². The summed E-state index contributed by atoms with van der Waals surface area (Å²) >= 11 is 5.51. The minimum absolute atomic E-state index is 0.178. The standard InChI is InChI=1S/C19H20F3N5O2S/c1-24(2)16(28)11-25(12-19(20,21)22)13-26-18(30)27(14-7-4-3-5-8-14)17(23-26)15-9-6-10-29-15/h3-10H,11-13H2,1-2H3. The molecule has 0 saturated carbocycles. The molecular weight excluding hydrogens is 419 g/mol. The van der Waals surface area contributed by atoms with Gasteiger partial charge in [-0.25, -0.2) is 4.68 Å². The van der Waals surface area contributed by atoms with E-state index in [2.05, 4.69) is 5.10 Å². The summed E-state index contributed by atoms with van der Waals surface area (Å²) in [6, 6.07) is 12.4. The molecule has 1 amide bonds. The monoisotopic (exact) mass is 439 g/mol. The summed E-state index contributed by atoms with van der Waals surface area (Å²) in [4.78, 5) is 14.2. The molecule has 0 spiro atoms. The zero-order valence-corrected chi connectivity index (χ0v) is 17.2. The molecule has 0 saturated heterocycles. The Morgan fingerprint density at radius 3 is 2.43 bits per heavy atom. The van der Waals surface area contributed by atoms with Crippen LogP contribution in [0.5, 0.6) is 0 Å². The lowest BCUT2D eigenvalue weighted by Gasteiger charge is -2.24. The third-order valence-corrected chi connectivity index (χ3v) is 4.58. The molecule has 30 heavy (non-hydrogen) atoms. The van der Waals surface area contributed by atoms with Gasteiger partial charge in [0.15, 0.2) is 5.76 Å². The van der Waals surface area contributed by atoms with E-state index in [4.69, 9.17) is 16.6 Å². The third-order valence-electron chi connectivity index (χ3n) is 4.19. The first-order valence-electron chi connectivity index (χ1n) is 8.94. The number of nitrogens with zero attached hydrogens (tertiary/aromatic N) is 5. The zero-order chi connectivity index (χ0) is 21.9. The molecule has 0 unspecified atom stereocenters. The number of alkyl halides is 3. The maximum Gasteiger partial charge on any atom is 0.401 e. The fraction of sp³-hybridized carbons (Fsp3) is 0.316. The van der Waals surface area contributed by atoms with Crippen LogP contribution in [-0.4, -0.2) is 63.4 Å². The average molecular weight is 439 g/mol. The van der Waals surface area contributed by atoms with E-state index in [1.165, 1.54) is 29.9 Å². The number of hydrogen-bond donors (Lipinski definition) is 0. The van der Waals surface area contributed by atoms with Crippen molar-refractivity contribution in [3.05, 3.63) is 53.5 Å². The van der Waals surface area contributed by atoms with Gasteiger partial charge in [0.05, 0.1) is 31.7 Å². The molecule has 0 aliphatic heterocycles. The van der Waals surface area contributed by atoms with E-state index in [0.717, 1.165) is 4.90 Å². The number of rotatable bonds is 7. The largest absolute Gasteiger partial charge is 0.461 e. The van der Waals surface area contributed by atoms with Crippen LogP contribution in [0.4, 0.5) is 13.2 Å². The van der Waals surface area contributed by atoms with Crippen LogP contribution in [0.15, 0.2) is 53.1 Å². The van der Waals surface area contributed by atoms with Crippen LogP contribution in [0.3, 0.4) is 0 Å². The van der Waals surface area contributed by atoms with Gasteiger partial charge in [-0.1, -0.05) is 18.2 Å². The molecule has 0 aliphatic carbocycles. The van der Waals surface area contributed by atoms with Crippen LogP contribution >= 0.6 is 12.2 Å². The molecule has 0 bridgehead atoms. The lowest BCUT2D eigenvalue weighted by Crippen LogP contribution is -2.42. The second-order valence-electron chi connectivity index (χ2n) is 6.79. The number of halogens is 3. The summed E-state index contributed by atoms with van der Waals surface area (Å²) in [7, 11) is 2.97. The molecule has 0 atom stereocenters. The number of carbonyl (C=O) groups is 1. The molecular formula is C19H20F3N5O2S. The Bertz CT molecular complexity index is 1040. The predicted molar refractivity (Wildman–Crippen MR) is 106 cm³/mol. The molecule has 0 radical (unpaired) electrons. The van der Waals surface area contributed by atoms with E-state index >= 15 is 0 Å². The second kappa shape index (κ2) is 8.84. The van der Waals surface area contributed by atoms with Crippen molar-refractivity contribution in [3.8, 4) is 17.3 Å². The topological polar surface area (TPSA) is 59.4 Å². The van der Waals surface area contributed by atoms with Gasteiger partial charge < -0.3 is 9.32 Å². The van der Waals surface area contributed by atoms with Gasteiger partial charge in [-0.2, -0.15) is 13.2 Å². The molecule has 3 aromatic rings. The Morgan fingerprint density at radius 2 is 1.87 bits per heavy atom. The molecule has 2 aromatic heterocycles. The predicted octanol–water partition coefficient (Wildman–Crippen LogP) is 3.57. The van der Waals surface area contributed by atoms with Crippen molar-refractivity contribution in [2.75, 3.05) is 27.2 Å². The van der Waals surface area contributed by atoms with E-state index < -0.39 is 25.2 Å². The Labute approximate surface area is 175 Å². The summed E-state index contributed by atoms with van der Waals surface area (Å²) in [5.41, 5.74) is 0.687.